The molecule has 4 nitrogen and oxygen atoms in total. The van der Waals surface area contributed by atoms with E-state index in [1.807, 2.05) is 0 Å². The molecule has 1 aromatic rings. The smallest absolute Gasteiger partial charge is 0.406 e. The highest BCUT2D eigenvalue weighted by molar-refractivity contribution is 7.86. The fourth-order valence-corrected chi connectivity index (χ4v) is 3.40. The minimum atomic E-state index is -3.83. The molecule has 5 heteroatoms. The van der Waals surface area contributed by atoms with Crippen LogP contribution in [0.15, 0.2) is 29.2 Å². The highest BCUT2D eigenvalue weighted by Gasteiger charge is 2.39. The van der Waals surface area contributed by atoms with E-state index in [1.54, 1.807) is 18.2 Å². The molecule has 0 saturated carbocycles. The average Bonchev–Trinajstić information content (AvgIpc) is 2.51. The van der Waals surface area contributed by atoms with Crippen molar-refractivity contribution in [3.8, 4) is 0 Å². The maximum absolute atomic E-state index is 11.8. The summed E-state index contributed by atoms with van der Waals surface area (Å²) in [6.07, 6.45) is 3.40. The van der Waals surface area contributed by atoms with Crippen LogP contribution in [0.5, 0.6) is 0 Å². The first-order chi connectivity index (χ1) is 8.09. The van der Waals surface area contributed by atoms with Crippen LogP contribution >= 0.6 is 0 Å². The van der Waals surface area contributed by atoms with E-state index >= 15 is 0 Å². The Balaban J connectivity index is 2.41. The number of fused-ring (bicyclic) bond motifs is 1. The summed E-state index contributed by atoms with van der Waals surface area (Å²) in [6.45, 7) is 2.07. The topological polar surface area (TPSA) is 60.2 Å². The van der Waals surface area contributed by atoms with E-state index in [0.29, 0.717) is 17.7 Å². The lowest BCUT2D eigenvalue weighted by Crippen LogP contribution is -2.15. The van der Waals surface area contributed by atoms with E-state index in [2.05, 4.69) is 6.92 Å². The molecule has 0 radical (unpaired) electrons. The van der Waals surface area contributed by atoms with E-state index in [-0.39, 0.29) is 9.04 Å². The van der Waals surface area contributed by atoms with Crippen molar-refractivity contribution >= 4 is 15.7 Å². The lowest BCUT2D eigenvalue weighted by atomic mass is 10.0. The van der Waals surface area contributed by atoms with E-state index in [9.17, 15) is 13.6 Å². The van der Waals surface area contributed by atoms with Gasteiger partial charge in [0.2, 0.25) is 5.71 Å². The molecule has 92 valence electrons. The summed E-state index contributed by atoms with van der Waals surface area (Å²) in [5.41, 5.74) is 0.952. The van der Waals surface area contributed by atoms with Crippen molar-refractivity contribution in [2.24, 2.45) is 0 Å². The van der Waals surface area contributed by atoms with E-state index in [4.69, 9.17) is 0 Å². The third-order valence-corrected chi connectivity index (χ3v) is 4.50. The van der Waals surface area contributed by atoms with Crippen LogP contribution in [0.25, 0.3) is 0 Å². The Morgan fingerprint density at radius 1 is 1.24 bits per heavy atom. The predicted octanol–water partition coefficient (Wildman–Crippen LogP) is 2.27. The van der Waals surface area contributed by atoms with Crippen LogP contribution in [0.2, 0.25) is 0 Å². The number of hydrogen-bond acceptors (Lipinski definition) is 3. The van der Waals surface area contributed by atoms with Crippen molar-refractivity contribution in [1.29, 1.82) is 0 Å². The van der Waals surface area contributed by atoms with E-state index in [1.165, 1.54) is 6.07 Å². The zero-order valence-electron chi connectivity index (χ0n) is 9.72. The summed E-state index contributed by atoms with van der Waals surface area (Å²) in [5.74, 6) is 0. The highest BCUT2D eigenvalue weighted by atomic mass is 32.2. The molecule has 1 aromatic carbocycles. The fraction of sp³-hybridized carbons (Fsp3) is 0.417. The first kappa shape index (κ1) is 12.1. The second kappa shape index (κ2) is 4.49. The fourth-order valence-electron chi connectivity index (χ4n) is 2.03. The summed E-state index contributed by atoms with van der Waals surface area (Å²) in [6, 6.07) is 6.58. The summed E-state index contributed by atoms with van der Waals surface area (Å²) in [7, 11) is -3.83. The van der Waals surface area contributed by atoms with Crippen molar-refractivity contribution in [2.75, 3.05) is 0 Å². The predicted molar refractivity (Wildman–Crippen MR) is 65.5 cm³/mol. The zero-order chi connectivity index (χ0) is 12.5. The van der Waals surface area contributed by atoms with E-state index in [0.717, 1.165) is 19.3 Å². The van der Waals surface area contributed by atoms with Gasteiger partial charge in [-0.2, -0.15) is 8.42 Å². The van der Waals surface area contributed by atoms with Crippen LogP contribution in [0, 0.1) is 5.21 Å². The van der Waals surface area contributed by atoms with Crippen molar-refractivity contribution in [2.45, 2.75) is 37.5 Å². The molecular formula is C12H15NO3S. The van der Waals surface area contributed by atoms with Gasteiger partial charge >= 0.3 is 10.0 Å². The molecular weight excluding hydrogens is 238 g/mol. The summed E-state index contributed by atoms with van der Waals surface area (Å²) in [5, 5.41) is 11.8. The average molecular weight is 253 g/mol. The van der Waals surface area contributed by atoms with Gasteiger partial charge in [0, 0.05) is 6.42 Å². The van der Waals surface area contributed by atoms with Crippen molar-refractivity contribution < 1.29 is 12.6 Å². The molecule has 17 heavy (non-hydrogen) atoms. The summed E-state index contributed by atoms with van der Waals surface area (Å²) in [4.78, 5) is 0.140. The van der Waals surface area contributed by atoms with Gasteiger partial charge in [0.15, 0.2) is 0 Å². The largest absolute Gasteiger partial charge is 0.607 e. The van der Waals surface area contributed by atoms with E-state index < -0.39 is 10.0 Å². The van der Waals surface area contributed by atoms with Gasteiger partial charge in [-0.25, -0.2) is 0 Å². The molecule has 0 bridgehead atoms. The molecule has 0 atom stereocenters. The number of hydrogen-bond donors (Lipinski definition) is 0. The SMILES string of the molecule is CCCCCC1=[N+]([O-])S(=O)(=O)c2ccccc21. The molecule has 0 N–H and O–H groups in total. The number of nitrogens with zero attached hydrogens (tertiary/aromatic N) is 1. The first-order valence-corrected chi connectivity index (χ1v) is 7.20. The lowest BCUT2D eigenvalue weighted by molar-refractivity contribution is -0.277. The minimum absolute atomic E-state index is 0.140. The second-order valence-electron chi connectivity index (χ2n) is 4.13. The third kappa shape index (κ3) is 1.95. The van der Waals surface area contributed by atoms with Crippen LogP contribution in [0.4, 0.5) is 0 Å². The number of unbranched alkanes of at least 4 members (excludes halogenated alkanes) is 2. The Morgan fingerprint density at radius 2 is 1.94 bits per heavy atom. The third-order valence-electron chi connectivity index (χ3n) is 2.93. The molecule has 0 unspecified atom stereocenters. The van der Waals surface area contributed by atoms with Gasteiger partial charge in [0.25, 0.3) is 0 Å². The van der Waals surface area contributed by atoms with Gasteiger partial charge in [-0.3, -0.25) is 0 Å². The molecule has 1 aliphatic rings. The van der Waals surface area contributed by atoms with Crippen LogP contribution < -0.4 is 0 Å². The monoisotopic (exact) mass is 253 g/mol. The van der Waals surface area contributed by atoms with Crippen LogP contribution in [-0.2, 0) is 10.0 Å². The molecule has 0 aliphatic carbocycles. The Hall–Kier alpha value is -1.36. The summed E-state index contributed by atoms with van der Waals surface area (Å²) >= 11 is 0. The Bertz CT molecular complexity index is 561. The van der Waals surface area contributed by atoms with Gasteiger partial charge in [0.05, 0.1) is 5.56 Å². The van der Waals surface area contributed by atoms with Crippen molar-refractivity contribution in [3.63, 3.8) is 0 Å². The quantitative estimate of drug-likeness (QED) is 0.470. The molecule has 0 fully saturated rings. The number of benzene rings is 1. The molecule has 0 spiro atoms. The molecule has 2 rings (SSSR count). The van der Waals surface area contributed by atoms with Gasteiger partial charge in [0.1, 0.15) is 4.90 Å². The van der Waals surface area contributed by atoms with Gasteiger partial charge in [-0.05, 0) is 18.6 Å². The van der Waals surface area contributed by atoms with Crippen molar-refractivity contribution in [1.82, 2.24) is 0 Å². The summed E-state index contributed by atoms with van der Waals surface area (Å²) < 4.78 is 23.8. The lowest BCUT2D eigenvalue weighted by Gasteiger charge is -2.00. The van der Waals surface area contributed by atoms with Crippen LogP contribution in [0.3, 0.4) is 0 Å². The molecule has 0 saturated heterocycles. The first-order valence-electron chi connectivity index (χ1n) is 5.76. The number of rotatable bonds is 4. The van der Waals surface area contributed by atoms with Gasteiger partial charge in [-0.1, -0.05) is 36.0 Å². The Morgan fingerprint density at radius 3 is 2.65 bits per heavy atom. The maximum Gasteiger partial charge on any atom is 0.406 e. The zero-order valence-corrected chi connectivity index (χ0v) is 10.5. The number of sulfonamides is 1. The second-order valence-corrected chi connectivity index (χ2v) is 5.85. The normalized spacial score (nSPS) is 17.2. The van der Waals surface area contributed by atoms with Crippen molar-refractivity contribution in [3.05, 3.63) is 35.0 Å². The Kier molecular flexibility index (Phi) is 3.19. The van der Waals surface area contributed by atoms with Crippen LogP contribution in [0.1, 0.15) is 38.2 Å². The van der Waals surface area contributed by atoms with Crippen LogP contribution in [-0.4, -0.2) is 18.3 Å². The molecule has 1 heterocycles. The standard InChI is InChI=1S/C12H15NO3S/c1-2-3-4-8-11-10-7-5-6-9-12(10)17(15,16)13(11)14/h5-7,9H,2-4,8H2,1H3. The Labute approximate surface area is 101 Å². The highest BCUT2D eigenvalue weighted by Crippen LogP contribution is 2.27. The molecule has 1 aliphatic heterocycles. The molecule has 0 amide bonds. The maximum atomic E-state index is 11.8. The van der Waals surface area contributed by atoms with Gasteiger partial charge in [-0.15, -0.1) is 0 Å². The molecule has 0 aromatic heterocycles. The van der Waals surface area contributed by atoms with Gasteiger partial charge < -0.3 is 5.21 Å². The minimum Gasteiger partial charge on any atom is -0.607 e.